The Balaban J connectivity index is 1.87. The topological polar surface area (TPSA) is 65.0 Å². The average Bonchev–Trinajstić information content (AvgIpc) is 2.82. The van der Waals surface area contributed by atoms with Crippen LogP contribution in [0.3, 0.4) is 0 Å². The fraction of sp³-hybridized carbons (Fsp3) is 0.533. The molecule has 2 rings (SSSR count). The van der Waals surface area contributed by atoms with Gasteiger partial charge in [-0.2, -0.15) is 0 Å². The minimum absolute atomic E-state index is 0.273. The van der Waals surface area contributed by atoms with Crippen molar-refractivity contribution in [2.24, 2.45) is 4.99 Å². The van der Waals surface area contributed by atoms with Crippen LogP contribution in [-0.2, 0) is 16.6 Å². The van der Waals surface area contributed by atoms with Gasteiger partial charge in [0, 0.05) is 33.7 Å². The summed E-state index contributed by atoms with van der Waals surface area (Å²) in [6, 6.07) is 10.0. The van der Waals surface area contributed by atoms with Gasteiger partial charge in [-0.15, -0.1) is 0 Å². The molecule has 0 unspecified atom stereocenters. The molecule has 0 bridgehead atoms. The summed E-state index contributed by atoms with van der Waals surface area (Å²) in [5.74, 6) is 1.04. The van der Waals surface area contributed by atoms with E-state index < -0.39 is 10.0 Å². The molecule has 0 aliphatic carbocycles. The van der Waals surface area contributed by atoms with E-state index in [9.17, 15) is 8.42 Å². The summed E-state index contributed by atoms with van der Waals surface area (Å²) in [5, 5.41) is 3.22. The van der Waals surface area contributed by atoms with E-state index in [0.717, 1.165) is 17.9 Å². The molecule has 6 nitrogen and oxygen atoms in total. The minimum Gasteiger partial charge on any atom is -0.355 e. The van der Waals surface area contributed by atoms with E-state index >= 15 is 0 Å². The molecule has 1 aliphatic heterocycles. The lowest BCUT2D eigenvalue weighted by atomic mass is 10.2. The Kier molecular flexibility index (Phi) is 5.79. The third-order valence-electron chi connectivity index (χ3n) is 3.53. The van der Waals surface area contributed by atoms with E-state index in [4.69, 9.17) is 0 Å². The molecule has 1 saturated heterocycles. The minimum atomic E-state index is -3.02. The molecule has 0 saturated carbocycles. The molecule has 0 spiro atoms. The quantitative estimate of drug-likeness (QED) is 0.640. The highest BCUT2D eigenvalue weighted by atomic mass is 32.2. The number of hydrogen-bond acceptors (Lipinski definition) is 3. The zero-order valence-electron chi connectivity index (χ0n) is 13.2. The van der Waals surface area contributed by atoms with Gasteiger partial charge in [0.2, 0.25) is 10.0 Å². The number of guanidine groups is 1. The van der Waals surface area contributed by atoms with Crippen LogP contribution in [0.4, 0.5) is 0 Å². The first kappa shape index (κ1) is 16.8. The molecule has 0 atom stereocenters. The lowest BCUT2D eigenvalue weighted by Crippen LogP contribution is -2.41. The monoisotopic (exact) mass is 324 g/mol. The zero-order chi connectivity index (χ0) is 16.0. The van der Waals surface area contributed by atoms with E-state index in [1.54, 1.807) is 4.31 Å². The van der Waals surface area contributed by atoms with Crippen LogP contribution in [0, 0.1) is 0 Å². The predicted octanol–water partition coefficient (Wildman–Crippen LogP) is 0.729. The first-order valence-electron chi connectivity index (χ1n) is 7.46. The lowest BCUT2D eigenvalue weighted by Gasteiger charge is -2.20. The third kappa shape index (κ3) is 4.71. The normalized spacial score (nSPS) is 18.4. The summed E-state index contributed by atoms with van der Waals surface area (Å²) in [6.07, 6.45) is 0.727. The van der Waals surface area contributed by atoms with Crippen molar-refractivity contribution in [2.45, 2.75) is 13.0 Å². The Labute approximate surface area is 132 Å². The molecule has 1 N–H and O–H groups in total. The Hall–Kier alpha value is -1.60. The predicted molar refractivity (Wildman–Crippen MR) is 89.2 cm³/mol. The zero-order valence-corrected chi connectivity index (χ0v) is 14.0. The molecule has 0 aromatic heterocycles. The van der Waals surface area contributed by atoms with Crippen molar-refractivity contribution in [3.05, 3.63) is 35.9 Å². The first-order chi connectivity index (χ1) is 10.5. The molecular weight excluding hydrogens is 300 g/mol. The second-order valence-corrected chi connectivity index (χ2v) is 7.60. The van der Waals surface area contributed by atoms with Crippen molar-refractivity contribution in [3.63, 3.8) is 0 Å². The van der Waals surface area contributed by atoms with Gasteiger partial charge in [0.25, 0.3) is 0 Å². The van der Waals surface area contributed by atoms with Gasteiger partial charge in [-0.05, 0) is 12.0 Å². The van der Waals surface area contributed by atoms with Crippen molar-refractivity contribution in [1.82, 2.24) is 14.5 Å². The number of benzene rings is 1. The summed E-state index contributed by atoms with van der Waals surface area (Å²) < 4.78 is 25.0. The lowest BCUT2D eigenvalue weighted by molar-refractivity contribution is 0.441. The Bertz CT molecular complexity index is 599. The van der Waals surface area contributed by atoms with Gasteiger partial charge in [0.05, 0.1) is 12.3 Å². The smallest absolute Gasteiger partial charge is 0.214 e. The van der Waals surface area contributed by atoms with Gasteiger partial charge in [-0.1, -0.05) is 30.3 Å². The number of sulfonamides is 1. The van der Waals surface area contributed by atoms with E-state index in [1.807, 2.05) is 49.3 Å². The van der Waals surface area contributed by atoms with E-state index in [0.29, 0.717) is 26.2 Å². The second-order valence-electron chi connectivity index (χ2n) is 5.52. The van der Waals surface area contributed by atoms with E-state index in [-0.39, 0.29) is 5.75 Å². The Morgan fingerprint density at radius 1 is 1.32 bits per heavy atom. The molecular formula is C15H24N4O2S. The largest absolute Gasteiger partial charge is 0.355 e. The van der Waals surface area contributed by atoms with Crippen LogP contribution >= 0.6 is 0 Å². The van der Waals surface area contributed by atoms with Gasteiger partial charge >= 0.3 is 0 Å². The average molecular weight is 324 g/mol. The van der Waals surface area contributed by atoms with Crippen LogP contribution in [0.1, 0.15) is 12.0 Å². The molecule has 1 aliphatic rings. The van der Waals surface area contributed by atoms with Gasteiger partial charge < -0.3 is 10.2 Å². The Morgan fingerprint density at radius 3 is 2.64 bits per heavy atom. The van der Waals surface area contributed by atoms with Crippen LogP contribution in [0.5, 0.6) is 0 Å². The molecule has 1 aromatic rings. The maximum Gasteiger partial charge on any atom is 0.214 e. The van der Waals surface area contributed by atoms with Gasteiger partial charge in [0.1, 0.15) is 0 Å². The van der Waals surface area contributed by atoms with Gasteiger partial charge in [0.15, 0.2) is 5.96 Å². The maximum absolute atomic E-state index is 11.7. The fourth-order valence-corrected chi connectivity index (χ4v) is 3.87. The van der Waals surface area contributed by atoms with Gasteiger partial charge in [-0.25, -0.2) is 17.7 Å². The number of rotatable bonds is 5. The highest BCUT2D eigenvalue weighted by Gasteiger charge is 2.27. The molecule has 1 aromatic carbocycles. The van der Waals surface area contributed by atoms with Crippen molar-refractivity contribution in [3.8, 4) is 0 Å². The van der Waals surface area contributed by atoms with E-state index in [2.05, 4.69) is 10.3 Å². The molecule has 22 heavy (non-hydrogen) atoms. The molecule has 1 heterocycles. The van der Waals surface area contributed by atoms with Crippen molar-refractivity contribution in [1.29, 1.82) is 0 Å². The van der Waals surface area contributed by atoms with Crippen molar-refractivity contribution >= 4 is 16.0 Å². The summed E-state index contributed by atoms with van der Waals surface area (Å²) in [6.45, 7) is 2.28. The molecule has 1 fully saturated rings. The van der Waals surface area contributed by atoms with Crippen molar-refractivity contribution < 1.29 is 8.42 Å². The van der Waals surface area contributed by atoms with Crippen LogP contribution < -0.4 is 5.32 Å². The third-order valence-corrected chi connectivity index (χ3v) is 5.48. The number of nitrogens with zero attached hydrogens (tertiary/aromatic N) is 3. The Morgan fingerprint density at radius 2 is 2.05 bits per heavy atom. The molecule has 0 amide bonds. The van der Waals surface area contributed by atoms with Crippen LogP contribution in [-0.4, -0.2) is 63.1 Å². The van der Waals surface area contributed by atoms with Gasteiger partial charge in [-0.3, -0.25) is 0 Å². The van der Waals surface area contributed by atoms with Crippen LogP contribution in [0.2, 0.25) is 0 Å². The summed E-state index contributed by atoms with van der Waals surface area (Å²) in [4.78, 5) is 6.46. The molecule has 7 heteroatoms. The van der Waals surface area contributed by atoms with Crippen molar-refractivity contribution in [2.75, 3.05) is 39.5 Å². The van der Waals surface area contributed by atoms with E-state index in [1.165, 1.54) is 0 Å². The number of nitrogens with one attached hydrogen (secondary N) is 1. The SMILES string of the molecule is CN(C)C(=NCc1ccccc1)NCCN1CCCS1(=O)=O. The highest BCUT2D eigenvalue weighted by molar-refractivity contribution is 7.89. The molecule has 0 radical (unpaired) electrons. The number of hydrogen-bond donors (Lipinski definition) is 1. The summed E-state index contributed by atoms with van der Waals surface area (Å²) in [5.41, 5.74) is 1.14. The maximum atomic E-state index is 11.7. The summed E-state index contributed by atoms with van der Waals surface area (Å²) >= 11 is 0. The highest BCUT2D eigenvalue weighted by Crippen LogP contribution is 2.11. The summed E-state index contributed by atoms with van der Waals surface area (Å²) in [7, 11) is 0.819. The second kappa shape index (κ2) is 7.60. The van der Waals surface area contributed by atoms with Crippen LogP contribution in [0.25, 0.3) is 0 Å². The first-order valence-corrected chi connectivity index (χ1v) is 9.07. The molecule has 122 valence electrons. The number of aliphatic imine (C=N–C) groups is 1. The van der Waals surface area contributed by atoms with Crippen LogP contribution in [0.15, 0.2) is 35.3 Å². The fourth-order valence-electron chi connectivity index (χ4n) is 2.34. The standard InChI is InChI=1S/C15H24N4O2S/c1-18(2)15(17-13-14-7-4-3-5-8-14)16-9-11-19-10-6-12-22(19,20)21/h3-5,7-8H,6,9-13H2,1-2H3,(H,16,17).